The molecule has 0 amide bonds. The fourth-order valence-electron chi connectivity index (χ4n) is 1.47. The van der Waals surface area contributed by atoms with E-state index >= 15 is 0 Å². The molecule has 0 aliphatic heterocycles. The number of imidazole rings is 1. The smallest absolute Gasteiger partial charge is 0.296 e. The standard InChI is InChI=1S/C12H14N2O/c1-2-15-12-13-8-9-14(12)10-11-6-4-3-5-7-11/h3-9H,2,10H2,1H3. The van der Waals surface area contributed by atoms with Crippen molar-refractivity contribution in [1.82, 2.24) is 9.55 Å². The molecular weight excluding hydrogens is 188 g/mol. The summed E-state index contributed by atoms with van der Waals surface area (Å²) in [5.41, 5.74) is 1.25. The summed E-state index contributed by atoms with van der Waals surface area (Å²) >= 11 is 0. The van der Waals surface area contributed by atoms with Crippen LogP contribution in [-0.2, 0) is 6.54 Å². The first kappa shape index (κ1) is 9.77. The van der Waals surface area contributed by atoms with Gasteiger partial charge < -0.3 is 4.74 Å². The van der Waals surface area contributed by atoms with E-state index in [0.29, 0.717) is 12.6 Å². The lowest BCUT2D eigenvalue weighted by Crippen LogP contribution is -2.03. The maximum atomic E-state index is 5.40. The summed E-state index contributed by atoms with van der Waals surface area (Å²) in [5, 5.41) is 0. The highest BCUT2D eigenvalue weighted by Gasteiger charge is 2.02. The average molecular weight is 202 g/mol. The molecule has 0 saturated carbocycles. The molecule has 0 fully saturated rings. The van der Waals surface area contributed by atoms with E-state index in [1.807, 2.05) is 35.9 Å². The summed E-state index contributed by atoms with van der Waals surface area (Å²) < 4.78 is 7.40. The summed E-state index contributed by atoms with van der Waals surface area (Å²) in [7, 11) is 0. The SMILES string of the molecule is CCOc1nccn1Cc1ccccc1. The van der Waals surface area contributed by atoms with E-state index in [1.54, 1.807) is 6.20 Å². The fraction of sp³-hybridized carbons (Fsp3) is 0.250. The van der Waals surface area contributed by atoms with Crippen LogP contribution in [0.15, 0.2) is 42.7 Å². The van der Waals surface area contributed by atoms with Gasteiger partial charge in [-0.1, -0.05) is 30.3 Å². The van der Waals surface area contributed by atoms with Crippen molar-refractivity contribution in [3.05, 3.63) is 48.3 Å². The van der Waals surface area contributed by atoms with Crippen LogP contribution in [0.1, 0.15) is 12.5 Å². The van der Waals surface area contributed by atoms with Crippen LogP contribution in [0.4, 0.5) is 0 Å². The van der Waals surface area contributed by atoms with Crippen molar-refractivity contribution in [1.29, 1.82) is 0 Å². The number of nitrogens with zero attached hydrogens (tertiary/aromatic N) is 2. The van der Waals surface area contributed by atoms with Crippen molar-refractivity contribution in [2.45, 2.75) is 13.5 Å². The van der Waals surface area contributed by atoms with Gasteiger partial charge in [0.15, 0.2) is 0 Å². The molecule has 0 N–H and O–H groups in total. The molecule has 1 aromatic heterocycles. The van der Waals surface area contributed by atoms with Crippen molar-refractivity contribution < 1.29 is 4.74 Å². The Morgan fingerprint density at radius 3 is 2.80 bits per heavy atom. The van der Waals surface area contributed by atoms with Crippen LogP contribution in [0.2, 0.25) is 0 Å². The van der Waals surface area contributed by atoms with E-state index < -0.39 is 0 Å². The highest BCUT2D eigenvalue weighted by Crippen LogP contribution is 2.10. The zero-order valence-corrected chi connectivity index (χ0v) is 8.76. The average Bonchev–Trinajstić information content (AvgIpc) is 2.68. The number of rotatable bonds is 4. The largest absolute Gasteiger partial charge is 0.465 e. The van der Waals surface area contributed by atoms with Gasteiger partial charge in [0.2, 0.25) is 0 Å². The number of benzene rings is 1. The lowest BCUT2D eigenvalue weighted by molar-refractivity contribution is 0.299. The van der Waals surface area contributed by atoms with Gasteiger partial charge in [-0.25, -0.2) is 4.98 Å². The minimum Gasteiger partial charge on any atom is -0.465 e. The molecule has 15 heavy (non-hydrogen) atoms. The van der Waals surface area contributed by atoms with Gasteiger partial charge in [-0.3, -0.25) is 4.57 Å². The topological polar surface area (TPSA) is 27.1 Å². The van der Waals surface area contributed by atoms with E-state index in [4.69, 9.17) is 4.74 Å². The third kappa shape index (κ3) is 2.37. The maximum Gasteiger partial charge on any atom is 0.296 e. The first-order valence-electron chi connectivity index (χ1n) is 5.08. The summed E-state index contributed by atoms with van der Waals surface area (Å²) in [6.45, 7) is 3.41. The Labute approximate surface area is 89.3 Å². The van der Waals surface area contributed by atoms with Crippen LogP contribution in [-0.4, -0.2) is 16.2 Å². The molecular formula is C12H14N2O. The van der Waals surface area contributed by atoms with Crippen LogP contribution >= 0.6 is 0 Å². The predicted molar refractivity (Wildman–Crippen MR) is 58.9 cm³/mol. The van der Waals surface area contributed by atoms with Crippen LogP contribution in [0, 0.1) is 0 Å². The van der Waals surface area contributed by atoms with Crippen LogP contribution in [0.5, 0.6) is 6.01 Å². The zero-order valence-electron chi connectivity index (χ0n) is 8.76. The lowest BCUT2D eigenvalue weighted by Gasteiger charge is -2.07. The molecule has 3 nitrogen and oxygen atoms in total. The monoisotopic (exact) mass is 202 g/mol. The molecule has 0 spiro atoms. The van der Waals surface area contributed by atoms with E-state index in [0.717, 1.165) is 6.54 Å². The van der Waals surface area contributed by atoms with Gasteiger partial charge >= 0.3 is 0 Å². The molecule has 0 aliphatic rings. The Morgan fingerprint density at radius 2 is 2.07 bits per heavy atom. The molecule has 78 valence electrons. The van der Waals surface area contributed by atoms with Crippen LogP contribution < -0.4 is 4.74 Å². The number of ether oxygens (including phenoxy) is 1. The van der Waals surface area contributed by atoms with Gasteiger partial charge in [0.1, 0.15) is 0 Å². The quantitative estimate of drug-likeness (QED) is 0.760. The van der Waals surface area contributed by atoms with Crippen LogP contribution in [0.3, 0.4) is 0 Å². The number of hydrogen-bond donors (Lipinski definition) is 0. The molecule has 2 rings (SSSR count). The van der Waals surface area contributed by atoms with Gasteiger partial charge in [-0.15, -0.1) is 0 Å². The van der Waals surface area contributed by atoms with E-state index in [1.165, 1.54) is 5.56 Å². The van der Waals surface area contributed by atoms with E-state index in [9.17, 15) is 0 Å². The van der Waals surface area contributed by atoms with Gasteiger partial charge in [0, 0.05) is 12.4 Å². The molecule has 0 unspecified atom stereocenters. The Bertz CT molecular complexity index is 409. The van der Waals surface area contributed by atoms with Crippen molar-refractivity contribution in [2.24, 2.45) is 0 Å². The highest BCUT2D eigenvalue weighted by molar-refractivity contribution is 5.16. The number of hydrogen-bond acceptors (Lipinski definition) is 2. The fourth-order valence-corrected chi connectivity index (χ4v) is 1.47. The molecule has 0 saturated heterocycles. The minimum atomic E-state index is 0.645. The normalized spacial score (nSPS) is 10.2. The van der Waals surface area contributed by atoms with Crippen molar-refractivity contribution in [3.8, 4) is 6.01 Å². The molecule has 1 heterocycles. The van der Waals surface area contributed by atoms with Crippen molar-refractivity contribution >= 4 is 0 Å². The van der Waals surface area contributed by atoms with E-state index in [-0.39, 0.29) is 0 Å². The first-order chi connectivity index (χ1) is 7.40. The molecule has 0 radical (unpaired) electrons. The van der Waals surface area contributed by atoms with Gasteiger partial charge in [0.25, 0.3) is 6.01 Å². The minimum absolute atomic E-state index is 0.645. The number of aromatic nitrogens is 2. The highest BCUT2D eigenvalue weighted by atomic mass is 16.5. The summed E-state index contributed by atoms with van der Waals surface area (Å²) in [6.07, 6.45) is 3.69. The Hall–Kier alpha value is -1.77. The lowest BCUT2D eigenvalue weighted by atomic mass is 10.2. The molecule has 0 bridgehead atoms. The molecule has 3 heteroatoms. The zero-order chi connectivity index (χ0) is 10.5. The molecule has 1 aromatic carbocycles. The third-order valence-electron chi connectivity index (χ3n) is 2.15. The van der Waals surface area contributed by atoms with Crippen LogP contribution in [0.25, 0.3) is 0 Å². The first-order valence-corrected chi connectivity index (χ1v) is 5.08. The predicted octanol–water partition coefficient (Wildman–Crippen LogP) is 2.33. The second-order valence-corrected chi connectivity index (χ2v) is 3.26. The van der Waals surface area contributed by atoms with Crippen molar-refractivity contribution in [2.75, 3.05) is 6.61 Å². The molecule has 2 aromatic rings. The van der Waals surface area contributed by atoms with E-state index in [2.05, 4.69) is 17.1 Å². The maximum absolute atomic E-state index is 5.40. The van der Waals surface area contributed by atoms with Gasteiger partial charge in [-0.2, -0.15) is 0 Å². The summed E-state index contributed by atoms with van der Waals surface area (Å²) in [4.78, 5) is 4.14. The molecule has 0 aliphatic carbocycles. The second kappa shape index (κ2) is 4.64. The molecule has 0 atom stereocenters. The van der Waals surface area contributed by atoms with Gasteiger partial charge in [-0.05, 0) is 12.5 Å². The van der Waals surface area contributed by atoms with Crippen molar-refractivity contribution in [3.63, 3.8) is 0 Å². The second-order valence-electron chi connectivity index (χ2n) is 3.26. The third-order valence-corrected chi connectivity index (χ3v) is 2.15. The summed E-state index contributed by atoms with van der Waals surface area (Å²) in [6, 6.07) is 11.0. The van der Waals surface area contributed by atoms with Gasteiger partial charge in [0.05, 0.1) is 13.2 Å². The summed E-state index contributed by atoms with van der Waals surface area (Å²) in [5.74, 6) is 0. The Morgan fingerprint density at radius 1 is 1.27 bits per heavy atom. The Kier molecular flexibility index (Phi) is 3.02. The Balaban J connectivity index is 2.14.